The second-order valence-corrected chi connectivity index (χ2v) is 7.14. The van der Waals surface area contributed by atoms with Crippen LogP contribution < -0.4 is 9.64 Å². The van der Waals surface area contributed by atoms with E-state index in [-0.39, 0.29) is 0 Å². The molecule has 0 spiro atoms. The third-order valence-corrected chi connectivity index (χ3v) is 4.85. The van der Waals surface area contributed by atoms with Gasteiger partial charge in [0.25, 0.3) is 0 Å². The number of aryl methyl sites for hydroxylation is 1. The minimum Gasteiger partial charge on any atom is -0.463 e. The zero-order valence-electron chi connectivity index (χ0n) is 17.1. The first-order valence-electron chi connectivity index (χ1n) is 10.1. The third-order valence-electron chi connectivity index (χ3n) is 4.85. The van der Waals surface area contributed by atoms with Gasteiger partial charge < -0.3 is 14.4 Å². The van der Waals surface area contributed by atoms with Crippen molar-refractivity contribution in [3.05, 3.63) is 48.2 Å². The first kappa shape index (κ1) is 19.9. The van der Waals surface area contributed by atoms with E-state index in [0.29, 0.717) is 38.1 Å². The molecule has 7 nitrogen and oxygen atoms in total. The second kappa shape index (κ2) is 9.42. The van der Waals surface area contributed by atoms with E-state index in [1.54, 1.807) is 4.68 Å². The molecule has 1 aliphatic heterocycles. The predicted octanol–water partition coefficient (Wildman–Crippen LogP) is 3.27. The summed E-state index contributed by atoms with van der Waals surface area (Å²) in [6.45, 7) is 5.46. The SMILES string of the molecule is C#CCCCOc1nc(N2CCOCC2)cc(-n2ccc(-c3cccc(C)c3)n2)n1. The molecular formula is C23H25N5O2. The van der Waals surface area contributed by atoms with Gasteiger partial charge in [0.1, 0.15) is 5.82 Å². The molecule has 154 valence electrons. The molecular weight excluding hydrogens is 378 g/mol. The van der Waals surface area contributed by atoms with Gasteiger partial charge in [-0.05, 0) is 25.5 Å². The number of terminal acetylenes is 1. The fourth-order valence-corrected chi connectivity index (χ4v) is 3.28. The molecule has 0 radical (unpaired) electrons. The summed E-state index contributed by atoms with van der Waals surface area (Å²) in [6.07, 6.45) is 8.65. The lowest BCUT2D eigenvalue weighted by molar-refractivity contribution is 0.122. The Hall–Kier alpha value is -3.37. The maximum absolute atomic E-state index is 5.79. The van der Waals surface area contributed by atoms with Gasteiger partial charge in [-0.25, -0.2) is 4.68 Å². The highest BCUT2D eigenvalue weighted by Crippen LogP contribution is 2.23. The Morgan fingerprint density at radius 2 is 1.97 bits per heavy atom. The lowest BCUT2D eigenvalue weighted by Gasteiger charge is -2.28. The zero-order valence-corrected chi connectivity index (χ0v) is 17.1. The van der Waals surface area contributed by atoms with Crippen LogP contribution >= 0.6 is 0 Å². The lowest BCUT2D eigenvalue weighted by Crippen LogP contribution is -2.37. The molecule has 3 aromatic rings. The fraction of sp³-hybridized carbons (Fsp3) is 0.348. The summed E-state index contributed by atoms with van der Waals surface area (Å²) in [5, 5.41) is 4.73. The number of benzene rings is 1. The molecule has 0 atom stereocenters. The van der Waals surface area contributed by atoms with E-state index in [9.17, 15) is 0 Å². The van der Waals surface area contributed by atoms with Crippen LogP contribution in [0, 0.1) is 19.3 Å². The lowest BCUT2D eigenvalue weighted by atomic mass is 10.1. The van der Waals surface area contributed by atoms with Crippen molar-refractivity contribution in [2.75, 3.05) is 37.8 Å². The summed E-state index contributed by atoms with van der Waals surface area (Å²) >= 11 is 0. The molecule has 0 unspecified atom stereocenters. The molecule has 0 bridgehead atoms. The fourth-order valence-electron chi connectivity index (χ4n) is 3.28. The van der Waals surface area contributed by atoms with Crippen LogP contribution in [0.1, 0.15) is 18.4 Å². The van der Waals surface area contributed by atoms with Crippen LogP contribution in [0.4, 0.5) is 5.82 Å². The third kappa shape index (κ3) is 4.78. The Labute approximate surface area is 176 Å². The van der Waals surface area contributed by atoms with Gasteiger partial charge in [-0.15, -0.1) is 12.3 Å². The normalized spacial score (nSPS) is 13.8. The minimum absolute atomic E-state index is 0.332. The first-order chi connectivity index (χ1) is 14.7. The Morgan fingerprint density at radius 1 is 1.13 bits per heavy atom. The molecule has 3 heterocycles. The van der Waals surface area contributed by atoms with Crippen molar-refractivity contribution in [2.45, 2.75) is 19.8 Å². The highest BCUT2D eigenvalue weighted by Gasteiger charge is 2.17. The molecule has 30 heavy (non-hydrogen) atoms. The van der Waals surface area contributed by atoms with Crippen molar-refractivity contribution in [3.63, 3.8) is 0 Å². The van der Waals surface area contributed by atoms with Gasteiger partial charge in [0.05, 0.1) is 25.5 Å². The Balaban J connectivity index is 1.63. The Bertz CT molecular complexity index is 1030. The van der Waals surface area contributed by atoms with Crippen molar-refractivity contribution in [3.8, 4) is 35.4 Å². The van der Waals surface area contributed by atoms with Crippen molar-refractivity contribution >= 4 is 5.82 Å². The van der Waals surface area contributed by atoms with Gasteiger partial charge in [-0.3, -0.25) is 0 Å². The van der Waals surface area contributed by atoms with Crippen molar-refractivity contribution in [2.24, 2.45) is 0 Å². The van der Waals surface area contributed by atoms with Gasteiger partial charge in [-0.1, -0.05) is 23.8 Å². The number of rotatable bonds is 7. The van der Waals surface area contributed by atoms with Crippen LogP contribution in [0.5, 0.6) is 6.01 Å². The number of aromatic nitrogens is 4. The molecule has 4 rings (SSSR count). The monoisotopic (exact) mass is 403 g/mol. The van der Waals surface area contributed by atoms with Crippen LogP contribution in [0.3, 0.4) is 0 Å². The first-order valence-corrected chi connectivity index (χ1v) is 10.1. The molecule has 0 amide bonds. The number of anilines is 1. The van der Waals surface area contributed by atoms with Crippen LogP contribution in [-0.4, -0.2) is 52.7 Å². The summed E-state index contributed by atoms with van der Waals surface area (Å²) in [5.74, 6) is 4.09. The maximum atomic E-state index is 5.79. The average molecular weight is 403 g/mol. The minimum atomic E-state index is 0.332. The van der Waals surface area contributed by atoms with E-state index in [0.717, 1.165) is 36.6 Å². The molecule has 1 aliphatic rings. The standard InChI is InChI=1S/C23H25N5O2/c1-3-4-5-13-30-23-24-21(27-11-14-29-15-12-27)17-22(25-23)28-10-9-20(26-28)19-8-6-7-18(2)16-19/h1,6-10,16-17H,4-5,11-15H2,2H3. The van der Waals surface area contributed by atoms with Crippen molar-refractivity contribution in [1.29, 1.82) is 0 Å². The summed E-state index contributed by atoms with van der Waals surface area (Å²) in [6, 6.07) is 12.5. The van der Waals surface area contributed by atoms with Crippen molar-refractivity contribution in [1.82, 2.24) is 19.7 Å². The van der Waals surface area contributed by atoms with E-state index in [4.69, 9.17) is 21.0 Å². The van der Waals surface area contributed by atoms with Crippen LogP contribution in [-0.2, 0) is 4.74 Å². The average Bonchev–Trinajstić information content (AvgIpc) is 3.28. The zero-order chi connectivity index (χ0) is 20.8. The molecule has 1 fully saturated rings. The number of unbranched alkanes of at least 4 members (excludes halogenated alkanes) is 1. The van der Waals surface area contributed by atoms with Gasteiger partial charge in [0.2, 0.25) is 0 Å². The van der Waals surface area contributed by atoms with E-state index < -0.39 is 0 Å². The quantitative estimate of drug-likeness (QED) is 0.446. The predicted molar refractivity (Wildman–Crippen MR) is 116 cm³/mol. The molecule has 0 saturated carbocycles. The molecule has 1 aromatic carbocycles. The number of hydrogen-bond acceptors (Lipinski definition) is 6. The summed E-state index contributed by atoms with van der Waals surface area (Å²) in [7, 11) is 0. The number of ether oxygens (including phenoxy) is 2. The Kier molecular flexibility index (Phi) is 6.26. The van der Waals surface area contributed by atoms with Gasteiger partial charge in [0, 0.05) is 37.3 Å². The van der Waals surface area contributed by atoms with E-state index in [1.807, 2.05) is 24.4 Å². The van der Waals surface area contributed by atoms with Gasteiger partial charge >= 0.3 is 6.01 Å². The van der Waals surface area contributed by atoms with Crippen molar-refractivity contribution < 1.29 is 9.47 Å². The van der Waals surface area contributed by atoms with Crippen LogP contribution in [0.25, 0.3) is 17.1 Å². The number of hydrogen-bond donors (Lipinski definition) is 0. The van der Waals surface area contributed by atoms with Gasteiger partial charge in [-0.2, -0.15) is 15.1 Å². The van der Waals surface area contributed by atoms with E-state index >= 15 is 0 Å². The molecule has 0 N–H and O–H groups in total. The summed E-state index contributed by atoms with van der Waals surface area (Å²) in [4.78, 5) is 11.4. The summed E-state index contributed by atoms with van der Waals surface area (Å²) < 4.78 is 13.0. The number of morpholine rings is 1. The van der Waals surface area contributed by atoms with Crippen LogP contribution in [0.15, 0.2) is 42.6 Å². The highest BCUT2D eigenvalue weighted by atomic mass is 16.5. The highest BCUT2D eigenvalue weighted by molar-refractivity contribution is 5.60. The molecule has 7 heteroatoms. The maximum Gasteiger partial charge on any atom is 0.320 e. The number of nitrogens with zero attached hydrogens (tertiary/aromatic N) is 5. The van der Waals surface area contributed by atoms with E-state index in [1.165, 1.54) is 5.56 Å². The van der Waals surface area contributed by atoms with Gasteiger partial charge in [0.15, 0.2) is 5.82 Å². The Morgan fingerprint density at radius 3 is 2.77 bits per heavy atom. The second-order valence-electron chi connectivity index (χ2n) is 7.14. The van der Waals surface area contributed by atoms with E-state index in [2.05, 4.69) is 45.9 Å². The molecule has 2 aromatic heterocycles. The largest absolute Gasteiger partial charge is 0.463 e. The molecule has 1 saturated heterocycles. The molecule has 0 aliphatic carbocycles. The van der Waals surface area contributed by atoms with Crippen LogP contribution in [0.2, 0.25) is 0 Å². The topological polar surface area (TPSA) is 65.3 Å². The smallest absolute Gasteiger partial charge is 0.320 e. The summed E-state index contributed by atoms with van der Waals surface area (Å²) in [5.41, 5.74) is 3.16.